The van der Waals surface area contributed by atoms with E-state index in [1.165, 1.54) is 25.6 Å². The molecule has 0 aliphatic carbocycles. The van der Waals surface area contributed by atoms with Gasteiger partial charge in [0.2, 0.25) is 0 Å². The third kappa shape index (κ3) is 5.03. The van der Waals surface area contributed by atoms with Gasteiger partial charge in [-0.1, -0.05) is 12.1 Å². The van der Waals surface area contributed by atoms with Gasteiger partial charge in [-0.25, -0.2) is 14.6 Å². The van der Waals surface area contributed by atoms with Crippen LogP contribution in [0.1, 0.15) is 0 Å². The first-order valence-corrected chi connectivity index (χ1v) is 9.77. The van der Waals surface area contributed by atoms with E-state index in [1.54, 1.807) is 13.2 Å². The van der Waals surface area contributed by atoms with Crippen molar-refractivity contribution in [1.29, 1.82) is 0 Å². The summed E-state index contributed by atoms with van der Waals surface area (Å²) in [5, 5.41) is 5.71. The Morgan fingerprint density at radius 3 is 2.43 bits per heavy atom. The number of hydrogen-bond acceptors (Lipinski definition) is 8. The van der Waals surface area contributed by atoms with Gasteiger partial charge in [-0.15, -0.1) is 11.3 Å². The summed E-state index contributed by atoms with van der Waals surface area (Å²) in [5.41, 5.74) is 3.29. The van der Waals surface area contributed by atoms with Gasteiger partial charge in [-0.05, 0) is 36.4 Å². The molecule has 0 aliphatic rings. The Bertz CT molecular complexity index is 1070. The summed E-state index contributed by atoms with van der Waals surface area (Å²) < 4.78 is 14.5. The number of thiazole rings is 1. The van der Waals surface area contributed by atoms with Crippen LogP contribution >= 0.6 is 11.3 Å². The number of carbonyl (C=O) groups excluding carboxylic acids is 2. The topological polar surface area (TPSA) is 86.8 Å². The molecule has 0 unspecified atom stereocenters. The molecule has 0 fully saturated rings. The van der Waals surface area contributed by atoms with E-state index >= 15 is 0 Å². The summed E-state index contributed by atoms with van der Waals surface area (Å²) in [6.07, 6.45) is 1.05. The fourth-order valence-electron chi connectivity index (χ4n) is 2.62. The third-order valence-electron chi connectivity index (χ3n) is 4.15. The van der Waals surface area contributed by atoms with Crippen molar-refractivity contribution in [3.63, 3.8) is 0 Å². The number of nitrogens with zero attached hydrogens (tertiary/aromatic N) is 1. The SMILES string of the molecule is COC(=O)/C=C(/Nc1cccc(-c2nc(-c3ccc(OC)cc3)cs2)c1)C(=O)OC. The summed E-state index contributed by atoms with van der Waals surface area (Å²) in [6, 6.07) is 15.1. The van der Waals surface area contributed by atoms with Crippen LogP contribution in [0.5, 0.6) is 5.75 Å². The monoisotopic (exact) mass is 424 g/mol. The normalized spacial score (nSPS) is 11.0. The lowest BCUT2D eigenvalue weighted by Crippen LogP contribution is -2.15. The van der Waals surface area contributed by atoms with Gasteiger partial charge < -0.3 is 19.5 Å². The van der Waals surface area contributed by atoms with Crippen molar-refractivity contribution in [2.75, 3.05) is 26.6 Å². The molecule has 0 spiro atoms. The van der Waals surface area contributed by atoms with Gasteiger partial charge in [-0.2, -0.15) is 0 Å². The second kappa shape index (κ2) is 9.71. The van der Waals surface area contributed by atoms with E-state index < -0.39 is 11.9 Å². The van der Waals surface area contributed by atoms with E-state index in [9.17, 15) is 9.59 Å². The average molecular weight is 424 g/mol. The molecule has 0 radical (unpaired) electrons. The molecule has 154 valence electrons. The Hall–Kier alpha value is -3.65. The Morgan fingerprint density at radius 1 is 1.00 bits per heavy atom. The standard InChI is InChI=1S/C22H20N2O5S/c1-27-17-9-7-14(8-10-17)19-13-30-21(24-19)15-5-4-6-16(11-15)23-18(22(26)29-3)12-20(25)28-2/h4-13,23H,1-3H3/b18-12+. The number of hydrogen-bond donors (Lipinski definition) is 1. The first kappa shape index (κ1) is 21.1. The van der Waals surface area contributed by atoms with E-state index in [0.29, 0.717) is 5.69 Å². The zero-order valence-electron chi connectivity index (χ0n) is 16.7. The molecule has 2 aromatic carbocycles. The summed E-state index contributed by atoms with van der Waals surface area (Å²) in [7, 11) is 4.10. The van der Waals surface area contributed by atoms with Crippen LogP contribution in [-0.2, 0) is 19.1 Å². The van der Waals surface area contributed by atoms with E-state index in [4.69, 9.17) is 14.5 Å². The van der Waals surface area contributed by atoms with E-state index in [2.05, 4.69) is 10.1 Å². The van der Waals surface area contributed by atoms with Crippen LogP contribution in [0.2, 0.25) is 0 Å². The second-order valence-corrected chi connectivity index (χ2v) is 6.90. The summed E-state index contributed by atoms with van der Waals surface area (Å²) in [4.78, 5) is 28.2. The minimum atomic E-state index is -0.679. The van der Waals surface area contributed by atoms with Crippen LogP contribution < -0.4 is 10.1 Å². The smallest absolute Gasteiger partial charge is 0.354 e. The molecular weight excluding hydrogens is 404 g/mol. The summed E-state index contributed by atoms with van der Waals surface area (Å²) in [6.45, 7) is 0. The largest absolute Gasteiger partial charge is 0.497 e. The number of aromatic nitrogens is 1. The van der Waals surface area contributed by atoms with Crippen LogP contribution in [0, 0.1) is 0 Å². The van der Waals surface area contributed by atoms with Gasteiger partial charge in [-0.3, -0.25) is 0 Å². The molecule has 3 rings (SSSR count). The molecule has 0 atom stereocenters. The summed E-state index contributed by atoms with van der Waals surface area (Å²) >= 11 is 1.51. The molecule has 1 aromatic heterocycles. The van der Waals surface area contributed by atoms with Gasteiger partial charge >= 0.3 is 11.9 Å². The van der Waals surface area contributed by atoms with Gasteiger partial charge in [0, 0.05) is 22.2 Å². The fourth-order valence-corrected chi connectivity index (χ4v) is 3.45. The second-order valence-electron chi connectivity index (χ2n) is 6.04. The molecule has 0 saturated heterocycles. The minimum Gasteiger partial charge on any atom is -0.497 e. The lowest BCUT2D eigenvalue weighted by molar-refractivity contribution is -0.138. The number of methoxy groups -OCH3 is 3. The maximum absolute atomic E-state index is 11.9. The maximum atomic E-state index is 11.9. The highest BCUT2D eigenvalue weighted by molar-refractivity contribution is 7.13. The van der Waals surface area contributed by atoms with Crippen LogP contribution in [-0.4, -0.2) is 38.3 Å². The van der Waals surface area contributed by atoms with Crippen molar-refractivity contribution in [3.8, 4) is 27.6 Å². The predicted molar refractivity (Wildman–Crippen MR) is 115 cm³/mol. The van der Waals surface area contributed by atoms with Crippen molar-refractivity contribution in [3.05, 3.63) is 65.7 Å². The van der Waals surface area contributed by atoms with Crippen molar-refractivity contribution in [2.24, 2.45) is 0 Å². The number of nitrogens with one attached hydrogen (secondary N) is 1. The molecule has 8 heteroatoms. The number of rotatable bonds is 7. The molecule has 0 aliphatic heterocycles. The highest BCUT2D eigenvalue weighted by atomic mass is 32.1. The van der Waals surface area contributed by atoms with Gasteiger partial charge in [0.25, 0.3) is 0 Å². The molecule has 0 bridgehead atoms. The third-order valence-corrected chi connectivity index (χ3v) is 5.04. The van der Waals surface area contributed by atoms with Crippen LogP contribution in [0.3, 0.4) is 0 Å². The molecule has 3 aromatic rings. The number of anilines is 1. The van der Waals surface area contributed by atoms with E-state index in [0.717, 1.165) is 33.7 Å². The van der Waals surface area contributed by atoms with E-state index in [-0.39, 0.29) is 5.70 Å². The first-order chi connectivity index (χ1) is 14.5. The molecule has 1 heterocycles. The lowest BCUT2D eigenvalue weighted by atomic mass is 10.1. The molecular formula is C22H20N2O5S. The van der Waals surface area contributed by atoms with Gasteiger partial charge in [0.1, 0.15) is 16.5 Å². The number of benzene rings is 2. The van der Waals surface area contributed by atoms with Crippen molar-refractivity contribution in [1.82, 2.24) is 4.98 Å². The number of esters is 2. The zero-order chi connectivity index (χ0) is 21.5. The van der Waals surface area contributed by atoms with Gasteiger partial charge in [0.15, 0.2) is 0 Å². The Balaban J connectivity index is 1.84. The van der Waals surface area contributed by atoms with Crippen molar-refractivity contribution in [2.45, 2.75) is 0 Å². The van der Waals surface area contributed by atoms with Crippen molar-refractivity contribution >= 4 is 29.0 Å². The minimum absolute atomic E-state index is 0.0282. The summed E-state index contributed by atoms with van der Waals surface area (Å²) in [5.74, 6) is -0.556. The first-order valence-electron chi connectivity index (χ1n) is 8.89. The highest BCUT2D eigenvalue weighted by Crippen LogP contribution is 2.31. The van der Waals surface area contributed by atoms with Crippen LogP contribution in [0.15, 0.2) is 65.7 Å². The van der Waals surface area contributed by atoms with Crippen molar-refractivity contribution < 1.29 is 23.8 Å². The molecule has 1 N–H and O–H groups in total. The Labute approximate surface area is 177 Å². The Kier molecular flexibility index (Phi) is 6.82. The van der Waals surface area contributed by atoms with Crippen LogP contribution in [0.25, 0.3) is 21.8 Å². The maximum Gasteiger partial charge on any atom is 0.354 e. The molecule has 7 nitrogen and oxygen atoms in total. The highest BCUT2D eigenvalue weighted by Gasteiger charge is 2.14. The Morgan fingerprint density at radius 2 is 1.77 bits per heavy atom. The number of carbonyl (C=O) groups is 2. The number of ether oxygens (including phenoxy) is 3. The fraction of sp³-hybridized carbons (Fsp3) is 0.136. The molecule has 0 amide bonds. The predicted octanol–water partition coefficient (Wildman–Crippen LogP) is 4.13. The quantitative estimate of drug-likeness (QED) is 0.451. The molecule has 0 saturated carbocycles. The average Bonchev–Trinajstić information content (AvgIpc) is 3.28. The zero-order valence-corrected chi connectivity index (χ0v) is 17.5. The lowest BCUT2D eigenvalue weighted by Gasteiger charge is -2.10. The van der Waals surface area contributed by atoms with Gasteiger partial charge in [0.05, 0.1) is 33.1 Å². The van der Waals surface area contributed by atoms with Crippen LogP contribution in [0.4, 0.5) is 5.69 Å². The molecule has 30 heavy (non-hydrogen) atoms. The van der Waals surface area contributed by atoms with E-state index in [1.807, 2.05) is 47.8 Å².